The summed E-state index contributed by atoms with van der Waals surface area (Å²) in [5.74, 6) is 0.356. The van der Waals surface area contributed by atoms with Crippen molar-refractivity contribution in [1.29, 1.82) is 0 Å². The molecule has 3 N–H and O–H groups in total. The fraction of sp³-hybridized carbons (Fsp3) is 0.447. The van der Waals surface area contributed by atoms with Crippen LogP contribution in [-0.4, -0.2) is 103 Å². The quantitative estimate of drug-likeness (QED) is 0.129. The van der Waals surface area contributed by atoms with E-state index in [2.05, 4.69) is 82.8 Å². The first-order chi connectivity index (χ1) is 29.4. The van der Waals surface area contributed by atoms with E-state index in [9.17, 15) is 19.2 Å². The number of aromatic amines is 1. The van der Waals surface area contributed by atoms with Crippen LogP contribution in [0.15, 0.2) is 78.1 Å². The fourth-order valence-corrected chi connectivity index (χ4v) is 11.2. The molecular weight excluding hydrogens is 787 g/mol. The van der Waals surface area contributed by atoms with Gasteiger partial charge in [0.15, 0.2) is 0 Å². The number of fused-ring (bicyclic) bond motifs is 1. The van der Waals surface area contributed by atoms with Crippen molar-refractivity contribution in [3.05, 3.63) is 84.4 Å². The summed E-state index contributed by atoms with van der Waals surface area (Å²) in [5.41, 5.74) is 7.45. The topological polar surface area (TPSA) is 158 Å². The molecular formula is C47H58N7O6Si+. The van der Waals surface area contributed by atoms with Crippen LogP contribution in [0.25, 0.3) is 38.7 Å². The molecule has 320 valence electrons. The Kier molecular flexibility index (Phi) is 13.4. The number of H-pyrrole nitrogens is 1. The number of carbonyl (C=O) groups excluding carboxylic acids is 4. The Balaban J connectivity index is 1.10. The average molecular weight is 845 g/mol. The van der Waals surface area contributed by atoms with Gasteiger partial charge in [0.1, 0.15) is 30.1 Å². The van der Waals surface area contributed by atoms with E-state index in [1.807, 2.05) is 49.9 Å². The van der Waals surface area contributed by atoms with Gasteiger partial charge in [-0.3, -0.25) is 14.6 Å². The van der Waals surface area contributed by atoms with E-state index in [1.165, 1.54) is 19.8 Å². The molecule has 0 spiro atoms. The van der Waals surface area contributed by atoms with Gasteiger partial charge in [0.2, 0.25) is 11.8 Å². The van der Waals surface area contributed by atoms with Gasteiger partial charge in [0.05, 0.1) is 44.7 Å². The average Bonchev–Trinajstić information content (AvgIpc) is 4.00. The Morgan fingerprint density at radius 1 is 0.770 bits per heavy atom. The third-order valence-electron chi connectivity index (χ3n) is 12.3. The molecule has 4 aromatic rings. The predicted octanol–water partition coefficient (Wildman–Crippen LogP) is 8.16. The summed E-state index contributed by atoms with van der Waals surface area (Å²) in [7, 11) is 1.78. The van der Waals surface area contributed by atoms with Crippen molar-refractivity contribution in [2.24, 2.45) is 16.8 Å². The summed E-state index contributed by atoms with van der Waals surface area (Å²) in [5, 5.41) is 7.70. The zero-order valence-corrected chi connectivity index (χ0v) is 37.3. The Labute approximate surface area is 360 Å². The monoisotopic (exact) mass is 844 g/mol. The number of rotatable bonds is 11. The molecule has 3 aromatic carbocycles. The Morgan fingerprint density at radius 2 is 1.38 bits per heavy atom. The standard InChI is InChI=1S/C47H57N7O6Si/c1-28(2)41(51-46(57)59-5)44(55)53-23-11-16-39(53)37-15-10-12-32(24-48-37)30-17-19-31(20-18-30)33-21-22-36(35-14-9-8-13-34(33)35)38-25-49-43(50-38)40-26-61(7)27-54(40)45(56)42(29(3)4)52-47(58)60-6/h8-9,13-14,17-22,24-25,28-29,39-42H,10-12,15-16,23,26-27H2,1-7H3,(H2-,49,50,51,52,57,58)/p+1/t39-,40-,41-,42-/m0/s1. The van der Waals surface area contributed by atoms with Crippen molar-refractivity contribution in [1.82, 2.24) is 30.4 Å². The van der Waals surface area contributed by atoms with Gasteiger partial charge in [0, 0.05) is 24.0 Å². The van der Waals surface area contributed by atoms with Crippen molar-refractivity contribution >= 4 is 54.9 Å². The number of amides is 4. The second-order valence-electron chi connectivity index (χ2n) is 17.1. The highest BCUT2D eigenvalue weighted by atomic mass is 28.3. The first-order valence-corrected chi connectivity index (χ1v) is 23.8. The van der Waals surface area contributed by atoms with Gasteiger partial charge in [-0.15, -0.1) is 0 Å². The van der Waals surface area contributed by atoms with E-state index in [0.717, 1.165) is 88.4 Å². The number of hydrogen-bond donors (Lipinski definition) is 3. The van der Waals surface area contributed by atoms with E-state index in [0.29, 0.717) is 12.7 Å². The van der Waals surface area contributed by atoms with Crippen LogP contribution in [0.2, 0.25) is 12.6 Å². The molecule has 0 unspecified atom stereocenters. The zero-order chi connectivity index (χ0) is 43.4. The van der Waals surface area contributed by atoms with Crippen LogP contribution in [0.5, 0.6) is 0 Å². The third-order valence-corrected chi connectivity index (χ3v) is 14.3. The predicted molar refractivity (Wildman–Crippen MR) is 240 cm³/mol. The van der Waals surface area contributed by atoms with Crippen LogP contribution >= 0.6 is 0 Å². The molecule has 1 aromatic heterocycles. The van der Waals surface area contributed by atoms with E-state index in [-0.39, 0.29) is 35.7 Å². The number of allylic oxidation sites excluding steroid dienone is 1. The highest BCUT2D eigenvalue weighted by Gasteiger charge is 2.47. The van der Waals surface area contributed by atoms with Gasteiger partial charge >= 0.3 is 21.0 Å². The van der Waals surface area contributed by atoms with Gasteiger partial charge < -0.3 is 34.9 Å². The van der Waals surface area contributed by atoms with Crippen LogP contribution in [0.1, 0.15) is 77.2 Å². The molecule has 2 saturated heterocycles. The van der Waals surface area contributed by atoms with Crippen LogP contribution in [-0.2, 0) is 19.1 Å². The number of ether oxygens (including phenoxy) is 2. The lowest BCUT2D eigenvalue weighted by molar-refractivity contribution is -0.135. The number of aromatic nitrogens is 2. The second kappa shape index (κ2) is 18.9. The zero-order valence-electron chi connectivity index (χ0n) is 36.3. The lowest BCUT2D eigenvalue weighted by atomic mass is 9.92. The minimum absolute atomic E-state index is 0.0818. The number of aliphatic imine (C=N–C) groups is 1. The van der Waals surface area contributed by atoms with Gasteiger partial charge in [-0.2, -0.15) is 0 Å². The normalized spacial score (nSPS) is 19.1. The van der Waals surface area contributed by atoms with Crippen LogP contribution < -0.4 is 10.6 Å². The number of carbonyl (C=O) groups is 4. The van der Waals surface area contributed by atoms with Gasteiger partial charge in [-0.1, -0.05) is 88.4 Å². The van der Waals surface area contributed by atoms with Crippen molar-refractivity contribution in [3.8, 4) is 22.4 Å². The van der Waals surface area contributed by atoms with Crippen LogP contribution in [0.4, 0.5) is 9.59 Å². The van der Waals surface area contributed by atoms with Crippen molar-refractivity contribution in [3.63, 3.8) is 0 Å². The van der Waals surface area contributed by atoms with Crippen molar-refractivity contribution < 1.29 is 28.7 Å². The molecule has 2 fully saturated rings. The van der Waals surface area contributed by atoms with Crippen LogP contribution in [0.3, 0.4) is 0 Å². The molecule has 14 heteroatoms. The Hall–Kier alpha value is -5.76. The lowest BCUT2D eigenvalue weighted by Crippen LogP contribution is -2.53. The Morgan fingerprint density at radius 3 is 2.02 bits per heavy atom. The molecule has 0 saturated carbocycles. The maximum absolute atomic E-state index is 13.9. The molecule has 4 amide bonds. The molecule has 3 aliphatic rings. The number of nitrogens with one attached hydrogen (secondary N) is 3. The van der Waals surface area contributed by atoms with E-state index in [1.54, 1.807) is 0 Å². The van der Waals surface area contributed by atoms with Crippen LogP contribution in [0, 0.1) is 11.8 Å². The summed E-state index contributed by atoms with van der Waals surface area (Å²) in [6.07, 6.45) is 7.68. The second-order valence-corrected chi connectivity index (χ2v) is 19.8. The van der Waals surface area contributed by atoms with E-state index < -0.39 is 33.1 Å². The molecule has 61 heavy (non-hydrogen) atoms. The molecule has 4 atom stereocenters. The molecule has 7 rings (SSSR count). The maximum atomic E-state index is 13.9. The number of methoxy groups -OCH3 is 2. The van der Waals surface area contributed by atoms with Gasteiger partial charge in [-0.05, 0) is 77.0 Å². The maximum Gasteiger partial charge on any atom is 0.407 e. The fourth-order valence-electron chi connectivity index (χ4n) is 9.03. The molecule has 0 bridgehead atoms. The minimum atomic E-state index is -0.829. The lowest BCUT2D eigenvalue weighted by Gasteiger charge is -2.31. The first-order valence-electron chi connectivity index (χ1n) is 21.4. The summed E-state index contributed by atoms with van der Waals surface area (Å²) in [6, 6.07) is 20.6. The SMILES string of the molecule is COC(=O)N[C@H](C(=O)N1CCC[C@H]1C1=NC=C(c2ccc(-c3ccc(-c4cnc([C@@H]5C[Si+](C)CN5C(=O)[C@@H](NC(=O)OC)C(C)C)[nH]4)c4ccccc34)cc2)CCC1)C(C)C. The van der Waals surface area contributed by atoms with Crippen molar-refractivity contribution in [2.75, 3.05) is 26.9 Å². The number of imidazole rings is 1. The van der Waals surface area contributed by atoms with Crippen molar-refractivity contribution in [2.45, 2.75) is 96.6 Å². The van der Waals surface area contributed by atoms with Gasteiger partial charge in [-0.25, -0.2) is 14.6 Å². The number of benzene rings is 3. The summed E-state index contributed by atoms with van der Waals surface area (Å²) in [4.78, 5) is 69.0. The van der Waals surface area contributed by atoms with E-state index in [4.69, 9.17) is 19.5 Å². The molecule has 3 aliphatic heterocycles. The minimum Gasteiger partial charge on any atom is -0.453 e. The summed E-state index contributed by atoms with van der Waals surface area (Å²) < 4.78 is 9.62. The number of alkyl carbamates (subject to hydrolysis) is 2. The van der Waals surface area contributed by atoms with Gasteiger partial charge in [0.25, 0.3) is 0 Å². The number of hydrogen-bond acceptors (Lipinski definition) is 8. The summed E-state index contributed by atoms with van der Waals surface area (Å²) >= 11 is 0. The third kappa shape index (κ3) is 9.29. The highest BCUT2D eigenvalue weighted by molar-refractivity contribution is 6.58. The number of likely N-dealkylation sites (tertiary alicyclic amines) is 1. The molecule has 4 heterocycles. The smallest absolute Gasteiger partial charge is 0.407 e. The highest BCUT2D eigenvalue weighted by Crippen LogP contribution is 2.38. The molecule has 0 radical (unpaired) electrons. The number of nitrogens with zero attached hydrogens (tertiary/aromatic N) is 4. The Bertz CT molecular complexity index is 2320. The summed E-state index contributed by atoms with van der Waals surface area (Å²) in [6.45, 7) is 10.6. The largest absolute Gasteiger partial charge is 0.453 e. The molecule has 0 aliphatic carbocycles. The first kappa shape index (κ1) is 43.3. The molecule has 13 nitrogen and oxygen atoms in total. The van der Waals surface area contributed by atoms with E-state index >= 15 is 0 Å².